The summed E-state index contributed by atoms with van der Waals surface area (Å²) in [5.74, 6) is 2.52. The van der Waals surface area contributed by atoms with E-state index in [9.17, 15) is 4.79 Å². The normalized spacial score (nSPS) is 22.4. The highest BCUT2D eigenvalue weighted by Gasteiger charge is 2.22. The maximum atomic E-state index is 11.8. The van der Waals surface area contributed by atoms with Crippen LogP contribution in [0.15, 0.2) is 0 Å². The summed E-state index contributed by atoms with van der Waals surface area (Å²) in [7, 11) is 1.92. The molecule has 1 amide bonds. The number of rotatable bonds is 4. The molecule has 3 nitrogen and oxygen atoms in total. The summed E-state index contributed by atoms with van der Waals surface area (Å²) in [5, 5.41) is 3.06. The van der Waals surface area contributed by atoms with Crippen LogP contribution < -0.4 is 5.32 Å². The Bertz CT molecular complexity index is 187. The Morgan fingerprint density at radius 1 is 1.64 bits per heavy atom. The molecule has 0 radical (unpaired) electrons. The second-order valence-corrected chi connectivity index (χ2v) is 4.87. The molecule has 1 saturated heterocycles. The second kappa shape index (κ2) is 6.30. The molecule has 0 saturated carbocycles. The molecule has 1 aliphatic heterocycles. The first kappa shape index (κ1) is 11.9. The fraction of sp³-hybridized carbons (Fsp3) is 0.900. The molecule has 0 aromatic rings. The van der Waals surface area contributed by atoms with E-state index in [4.69, 9.17) is 0 Å². The molecule has 1 unspecified atom stereocenters. The van der Waals surface area contributed by atoms with E-state index in [1.54, 1.807) is 0 Å². The van der Waals surface area contributed by atoms with Gasteiger partial charge in [-0.25, -0.2) is 0 Å². The van der Waals surface area contributed by atoms with Crippen molar-refractivity contribution in [1.29, 1.82) is 0 Å². The zero-order chi connectivity index (χ0) is 10.4. The summed E-state index contributed by atoms with van der Waals surface area (Å²) < 4.78 is 0. The predicted octanol–water partition coefficient (Wildman–Crippen LogP) is 0.950. The molecular weight excluding hydrogens is 196 g/mol. The first-order chi connectivity index (χ1) is 6.75. The topological polar surface area (TPSA) is 32.3 Å². The van der Waals surface area contributed by atoms with E-state index in [-0.39, 0.29) is 0 Å². The number of nitrogens with one attached hydrogen (secondary N) is 1. The van der Waals surface area contributed by atoms with Crippen molar-refractivity contribution in [3.8, 4) is 0 Å². The van der Waals surface area contributed by atoms with Gasteiger partial charge in [-0.1, -0.05) is 0 Å². The molecule has 4 heteroatoms. The van der Waals surface area contributed by atoms with E-state index in [0.717, 1.165) is 31.0 Å². The molecular formula is C10H20N2OS. The Morgan fingerprint density at radius 3 is 3.07 bits per heavy atom. The summed E-state index contributed by atoms with van der Waals surface area (Å²) in [4.78, 5) is 13.8. The minimum Gasteiger partial charge on any atom is -0.338 e. The van der Waals surface area contributed by atoms with Gasteiger partial charge in [-0.05, 0) is 26.9 Å². The minimum absolute atomic E-state index is 0.327. The highest BCUT2D eigenvalue weighted by Crippen LogP contribution is 2.16. The van der Waals surface area contributed by atoms with Crippen LogP contribution in [0.2, 0.25) is 0 Å². The van der Waals surface area contributed by atoms with E-state index in [0.29, 0.717) is 18.4 Å². The first-order valence-electron chi connectivity index (χ1n) is 5.27. The van der Waals surface area contributed by atoms with Crippen molar-refractivity contribution in [3.63, 3.8) is 0 Å². The van der Waals surface area contributed by atoms with Gasteiger partial charge in [0, 0.05) is 30.5 Å². The Labute approximate surface area is 90.6 Å². The highest BCUT2D eigenvalue weighted by molar-refractivity contribution is 7.99. The number of amides is 1. The van der Waals surface area contributed by atoms with Crippen molar-refractivity contribution in [2.45, 2.75) is 25.8 Å². The standard InChI is InChI=1S/C10H20N2OS/c1-9-8-14-7-6-12(9)10(13)4-3-5-11-2/h9,11H,3-8H2,1-2H3. The summed E-state index contributed by atoms with van der Waals surface area (Å²) in [5.41, 5.74) is 0. The molecule has 1 heterocycles. The molecule has 14 heavy (non-hydrogen) atoms. The molecule has 1 N–H and O–H groups in total. The van der Waals surface area contributed by atoms with E-state index in [1.807, 2.05) is 23.7 Å². The lowest BCUT2D eigenvalue weighted by Crippen LogP contribution is -2.44. The summed E-state index contributed by atoms with van der Waals surface area (Å²) in [6, 6.07) is 0.427. The maximum absolute atomic E-state index is 11.8. The Balaban J connectivity index is 2.27. The first-order valence-corrected chi connectivity index (χ1v) is 6.43. The highest BCUT2D eigenvalue weighted by atomic mass is 32.2. The lowest BCUT2D eigenvalue weighted by Gasteiger charge is -2.33. The van der Waals surface area contributed by atoms with Gasteiger partial charge in [0.2, 0.25) is 5.91 Å². The van der Waals surface area contributed by atoms with Gasteiger partial charge in [-0.3, -0.25) is 4.79 Å². The van der Waals surface area contributed by atoms with Crippen LogP contribution in [0, 0.1) is 0 Å². The fourth-order valence-corrected chi connectivity index (χ4v) is 2.67. The Kier molecular flexibility index (Phi) is 5.33. The predicted molar refractivity (Wildman–Crippen MR) is 61.7 cm³/mol. The van der Waals surface area contributed by atoms with Crippen molar-refractivity contribution < 1.29 is 4.79 Å². The third kappa shape index (κ3) is 3.50. The van der Waals surface area contributed by atoms with Crippen molar-refractivity contribution in [2.75, 3.05) is 31.6 Å². The average molecular weight is 216 g/mol. The van der Waals surface area contributed by atoms with Gasteiger partial charge < -0.3 is 10.2 Å². The van der Waals surface area contributed by atoms with Crippen molar-refractivity contribution >= 4 is 17.7 Å². The lowest BCUT2D eigenvalue weighted by molar-refractivity contribution is -0.132. The van der Waals surface area contributed by atoms with Gasteiger partial charge in [-0.15, -0.1) is 0 Å². The zero-order valence-corrected chi connectivity index (χ0v) is 9.90. The molecule has 0 aliphatic carbocycles. The summed E-state index contributed by atoms with van der Waals surface area (Å²) in [6.07, 6.45) is 1.64. The number of carbonyl (C=O) groups excluding carboxylic acids is 1. The van der Waals surface area contributed by atoms with Crippen molar-refractivity contribution in [3.05, 3.63) is 0 Å². The molecule has 0 aromatic carbocycles. The van der Waals surface area contributed by atoms with E-state index in [1.165, 1.54) is 0 Å². The number of thioether (sulfide) groups is 1. The van der Waals surface area contributed by atoms with E-state index >= 15 is 0 Å². The number of hydrogen-bond acceptors (Lipinski definition) is 3. The molecule has 1 atom stereocenters. The average Bonchev–Trinajstić information content (AvgIpc) is 2.18. The van der Waals surface area contributed by atoms with Crippen LogP contribution in [0.25, 0.3) is 0 Å². The molecule has 82 valence electrons. The number of carbonyl (C=O) groups is 1. The van der Waals surface area contributed by atoms with Crippen LogP contribution >= 0.6 is 11.8 Å². The second-order valence-electron chi connectivity index (χ2n) is 3.72. The number of hydrogen-bond donors (Lipinski definition) is 1. The molecule has 0 spiro atoms. The van der Waals surface area contributed by atoms with Gasteiger partial charge in [0.1, 0.15) is 0 Å². The van der Waals surface area contributed by atoms with Gasteiger partial charge in [0.25, 0.3) is 0 Å². The molecule has 1 rings (SSSR count). The molecule has 0 bridgehead atoms. The minimum atomic E-state index is 0.327. The summed E-state index contributed by atoms with van der Waals surface area (Å²) >= 11 is 1.95. The van der Waals surface area contributed by atoms with Crippen LogP contribution in [-0.4, -0.2) is 48.5 Å². The smallest absolute Gasteiger partial charge is 0.222 e. The number of nitrogens with zero attached hydrogens (tertiary/aromatic N) is 1. The Hall–Kier alpha value is -0.220. The van der Waals surface area contributed by atoms with Gasteiger partial charge in [-0.2, -0.15) is 11.8 Å². The molecule has 1 aliphatic rings. The van der Waals surface area contributed by atoms with Crippen molar-refractivity contribution in [2.24, 2.45) is 0 Å². The van der Waals surface area contributed by atoms with Crippen LogP contribution in [0.3, 0.4) is 0 Å². The van der Waals surface area contributed by atoms with Crippen LogP contribution in [0.4, 0.5) is 0 Å². The van der Waals surface area contributed by atoms with Gasteiger partial charge in [0.15, 0.2) is 0 Å². The molecule has 0 aromatic heterocycles. The SMILES string of the molecule is CNCCCC(=O)N1CCSCC1C. The van der Waals surface area contributed by atoms with Crippen LogP contribution in [0.5, 0.6) is 0 Å². The monoisotopic (exact) mass is 216 g/mol. The van der Waals surface area contributed by atoms with Gasteiger partial charge in [0.05, 0.1) is 0 Å². The zero-order valence-electron chi connectivity index (χ0n) is 9.08. The van der Waals surface area contributed by atoms with Gasteiger partial charge >= 0.3 is 0 Å². The largest absolute Gasteiger partial charge is 0.338 e. The lowest BCUT2D eigenvalue weighted by atomic mass is 10.2. The van der Waals surface area contributed by atoms with Crippen LogP contribution in [-0.2, 0) is 4.79 Å². The van der Waals surface area contributed by atoms with Crippen molar-refractivity contribution in [1.82, 2.24) is 10.2 Å². The van der Waals surface area contributed by atoms with E-state index in [2.05, 4.69) is 12.2 Å². The van der Waals surface area contributed by atoms with Crippen LogP contribution in [0.1, 0.15) is 19.8 Å². The summed E-state index contributed by atoms with van der Waals surface area (Å²) in [6.45, 7) is 4.01. The maximum Gasteiger partial charge on any atom is 0.222 e. The fourth-order valence-electron chi connectivity index (χ4n) is 1.66. The third-order valence-corrected chi connectivity index (χ3v) is 3.69. The van der Waals surface area contributed by atoms with E-state index < -0.39 is 0 Å². The quantitative estimate of drug-likeness (QED) is 0.710. The molecule has 1 fully saturated rings. The Morgan fingerprint density at radius 2 is 2.43 bits per heavy atom. The third-order valence-electron chi connectivity index (χ3n) is 2.51.